The molecule has 106 valence electrons. The van der Waals surface area contributed by atoms with Crippen molar-refractivity contribution >= 4 is 11.6 Å². The maximum Gasteiger partial charge on any atom is 0.138 e. The molecule has 0 amide bonds. The Morgan fingerprint density at radius 2 is 2.05 bits per heavy atom. The molecular weight excluding hydrogens is 240 g/mol. The topological polar surface area (TPSA) is 73.1 Å². The van der Waals surface area contributed by atoms with Gasteiger partial charge in [-0.15, -0.1) is 0 Å². The molecule has 1 aliphatic rings. The maximum absolute atomic E-state index is 5.85. The van der Waals surface area contributed by atoms with Crippen LogP contribution in [0.1, 0.15) is 46.4 Å². The van der Waals surface area contributed by atoms with Crippen molar-refractivity contribution in [2.45, 2.75) is 58.1 Å². The van der Waals surface area contributed by atoms with Crippen molar-refractivity contribution in [2.24, 2.45) is 0 Å². The molecule has 19 heavy (non-hydrogen) atoms. The van der Waals surface area contributed by atoms with Gasteiger partial charge < -0.3 is 15.8 Å². The van der Waals surface area contributed by atoms with Crippen LogP contribution in [0.2, 0.25) is 0 Å². The van der Waals surface area contributed by atoms with E-state index in [1.54, 1.807) is 6.07 Å². The molecule has 0 spiro atoms. The fourth-order valence-electron chi connectivity index (χ4n) is 2.14. The smallest absolute Gasteiger partial charge is 0.138 e. The molecular formula is C14H24N4O. The molecule has 1 aromatic heterocycles. The summed E-state index contributed by atoms with van der Waals surface area (Å²) in [6.45, 7) is 9.06. The van der Waals surface area contributed by atoms with Crippen LogP contribution >= 0.6 is 0 Å². The Labute approximate surface area is 115 Å². The third kappa shape index (κ3) is 3.56. The van der Waals surface area contributed by atoms with Crippen LogP contribution in [-0.4, -0.2) is 28.7 Å². The highest BCUT2D eigenvalue weighted by Crippen LogP contribution is 2.27. The molecule has 3 N–H and O–H groups in total. The SMILES string of the molecule is CCOC1CC(Nc2cc(N)nc(C(C)(C)C)n2)C1. The molecule has 0 bridgehead atoms. The summed E-state index contributed by atoms with van der Waals surface area (Å²) in [5, 5.41) is 3.41. The lowest BCUT2D eigenvalue weighted by Gasteiger charge is -2.35. The Morgan fingerprint density at radius 1 is 1.37 bits per heavy atom. The highest BCUT2D eigenvalue weighted by molar-refractivity contribution is 5.46. The van der Waals surface area contributed by atoms with Crippen LogP contribution in [0.25, 0.3) is 0 Å². The third-order valence-electron chi connectivity index (χ3n) is 3.27. The normalized spacial score (nSPS) is 22.9. The number of aromatic nitrogens is 2. The maximum atomic E-state index is 5.85. The summed E-state index contributed by atoms with van der Waals surface area (Å²) >= 11 is 0. The van der Waals surface area contributed by atoms with Gasteiger partial charge in [-0.05, 0) is 19.8 Å². The first-order valence-corrected chi connectivity index (χ1v) is 6.91. The van der Waals surface area contributed by atoms with Crippen LogP contribution in [0.15, 0.2) is 6.07 Å². The molecule has 0 unspecified atom stereocenters. The van der Waals surface area contributed by atoms with E-state index >= 15 is 0 Å². The van der Waals surface area contributed by atoms with Crippen LogP contribution in [-0.2, 0) is 10.2 Å². The van der Waals surface area contributed by atoms with Gasteiger partial charge in [-0.2, -0.15) is 0 Å². The standard InChI is InChI=1S/C14H24N4O/c1-5-19-10-6-9(7-10)16-12-8-11(15)17-13(18-12)14(2,3)4/h8-10H,5-7H2,1-4H3,(H3,15,16,17,18). The van der Waals surface area contributed by atoms with E-state index in [9.17, 15) is 0 Å². The van der Waals surface area contributed by atoms with Gasteiger partial charge in [-0.25, -0.2) is 9.97 Å². The van der Waals surface area contributed by atoms with Crippen molar-refractivity contribution in [3.63, 3.8) is 0 Å². The molecule has 5 heteroatoms. The molecule has 0 saturated heterocycles. The van der Waals surface area contributed by atoms with Crippen LogP contribution in [0.4, 0.5) is 11.6 Å². The zero-order chi connectivity index (χ0) is 14.0. The van der Waals surface area contributed by atoms with Crippen molar-refractivity contribution in [3.8, 4) is 0 Å². The van der Waals surface area contributed by atoms with E-state index in [-0.39, 0.29) is 5.41 Å². The molecule has 0 radical (unpaired) electrons. The van der Waals surface area contributed by atoms with E-state index in [1.807, 2.05) is 6.92 Å². The number of hydrogen-bond donors (Lipinski definition) is 2. The van der Waals surface area contributed by atoms with Gasteiger partial charge in [0.15, 0.2) is 0 Å². The second-order valence-corrected chi connectivity index (χ2v) is 6.14. The fraction of sp³-hybridized carbons (Fsp3) is 0.714. The fourth-order valence-corrected chi connectivity index (χ4v) is 2.14. The number of anilines is 2. The lowest BCUT2D eigenvalue weighted by Crippen LogP contribution is -2.41. The summed E-state index contributed by atoms with van der Waals surface area (Å²) in [5.74, 6) is 2.11. The Kier molecular flexibility index (Phi) is 3.94. The second-order valence-electron chi connectivity index (χ2n) is 6.14. The Bertz CT molecular complexity index is 436. The van der Waals surface area contributed by atoms with Gasteiger partial charge in [0.2, 0.25) is 0 Å². The predicted molar refractivity (Wildman–Crippen MR) is 77.2 cm³/mol. The number of nitrogens with one attached hydrogen (secondary N) is 1. The predicted octanol–water partition coefficient (Wildman–Crippen LogP) is 2.34. The zero-order valence-corrected chi connectivity index (χ0v) is 12.2. The molecule has 1 saturated carbocycles. The van der Waals surface area contributed by atoms with E-state index in [2.05, 4.69) is 36.1 Å². The quantitative estimate of drug-likeness (QED) is 0.873. The average molecular weight is 264 g/mol. The number of ether oxygens (including phenoxy) is 1. The monoisotopic (exact) mass is 264 g/mol. The van der Waals surface area contributed by atoms with Crippen LogP contribution in [0.3, 0.4) is 0 Å². The first kappa shape index (κ1) is 14.1. The highest BCUT2D eigenvalue weighted by atomic mass is 16.5. The lowest BCUT2D eigenvalue weighted by molar-refractivity contribution is 0.00292. The second kappa shape index (κ2) is 5.33. The van der Waals surface area contributed by atoms with Gasteiger partial charge in [-0.1, -0.05) is 20.8 Å². The largest absolute Gasteiger partial charge is 0.384 e. The molecule has 0 aromatic carbocycles. The van der Waals surface area contributed by atoms with Crippen molar-refractivity contribution in [1.29, 1.82) is 0 Å². The van der Waals surface area contributed by atoms with Gasteiger partial charge in [0.1, 0.15) is 17.5 Å². The minimum atomic E-state index is -0.0979. The van der Waals surface area contributed by atoms with Gasteiger partial charge in [0.05, 0.1) is 6.10 Å². The van der Waals surface area contributed by atoms with E-state index in [0.29, 0.717) is 18.0 Å². The van der Waals surface area contributed by atoms with E-state index in [0.717, 1.165) is 31.1 Å². The number of rotatable bonds is 4. The summed E-state index contributed by atoms with van der Waals surface area (Å²) < 4.78 is 5.55. The highest BCUT2D eigenvalue weighted by Gasteiger charge is 2.30. The van der Waals surface area contributed by atoms with Gasteiger partial charge >= 0.3 is 0 Å². The Morgan fingerprint density at radius 3 is 2.63 bits per heavy atom. The van der Waals surface area contributed by atoms with Crippen molar-refractivity contribution < 1.29 is 4.74 Å². The molecule has 5 nitrogen and oxygen atoms in total. The first-order chi connectivity index (χ1) is 8.88. The van der Waals surface area contributed by atoms with Gasteiger partial charge in [-0.3, -0.25) is 0 Å². The molecule has 1 fully saturated rings. The Hall–Kier alpha value is -1.36. The molecule has 1 heterocycles. The average Bonchev–Trinajstić information content (AvgIpc) is 2.24. The van der Waals surface area contributed by atoms with Crippen LogP contribution in [0.5, 0.6) is 0 Å². The molecule has 0 atom stereocenters. The number of hydrogen-bond acceptors (Lipinski definition) is 5. The first-order valence-electron chi connectivity index (χ1n) is 6.91. The van der Waals surface area contributed by atoms with E-state index in [1.165, 1.54) is 0 Å². The number of nitrogens with two attached hydrogens (primary N) is 1. The van der Waals surface area contributed by atoms with Crippen LogP contribution in [0, 0.1) is 0 Å². The Balaban J connectivity index is 2.00. The lowest BCUT2D eigenvalue weighted by atomic mass is 9.89. The molecule has 2 rings (SSSR count). The van der Waals surface area contributed by atoms with Crippen molar-refractivity contribution in [1.82, 2.24) is 9.97 Å². The van der Waals surface area contributed by atoms with Crippen molar-refractivity contribution in [2.75, 3.05) is 17.7 Å². The minimum absolute atomic E-state index is 0.0979. The number of nitrogens with zero attached hydrogens (tertiary/aromatic N) is 2. The van der Waals surface area contributed by atoms with E-state index in [4.69, 9.17) is 10.5 Å². The van der Waals surface area contributed by atoms with Gasteiger partial charge in [0.25, 0.3) is 0 Å². The van der Waals surface area contributed by atoms with E-state index < -0.39 is 0 Å². The summed E-state index contributed by atoms with van der Waals surface area (Å²) in [6.07, 6.45) is 2.45. The number of nitrogen functional groups attached to an aromatic ring is 1. The molecule has 0 aliphatic heterocycles. The zero-order valence-electron chi connectivity index (χ0n) is 12.2. The molecule has 1 aliphatic carbocycles. The van der Waals surface area contributed by atoms with Crippen molar-refractivity contribution in [3.05, 3.63) is 11.9 Å². The third-order valence-corrected chi connectivity index (χ3v) is 3.27. The minimum Gasteiger partial charge on any atom is -0.384 e. The summed E-state index contributed by atoms with van der Waals surface area (Å²) in [7, 11) is 0. The summed E-state index contributed by atoms with van der Waals surface area (Å²) in [6, 6.07) is 2.22. The molecule has 1 aromatic rings. The van der Waals surface area contributed by atoms with Gasteiger partial charge in [0, 0.05) is 24.1 Å². The summed E-state index contributed by atoms with van der Waals surface area (Å²) in [5.41, 5.74) is 5.75. The van der Waals surface area contributed by atoms with Crippen LogP contribution < -0.4 is 11.1 Å². The summed E-state index contributed by atoms with van der Waals surface area (Å²) in [4.78, 5) is 8.86.